The fourth-order valence-electron chi connectivity index (χ4n) is 4.77. The number of anilines is 1. The molecule has 2 aromatic heterocycles. The maximum atomic E-state index is 13.1. The third kappa shape index (κ3) is 4.44. The van der Waals surface area contributed by atoms with E-state index in [2.05, 4.69) is 10.6 Å². The van der Waals surface area contributed by atoms with E-state index in [-0.39, 0.29) is 17.5 Å². The Labute approximate surface area is 202 Å². The maximum absolute atomic E-state index is 13.1. The van der Waals surface area contributed by atoms with E-state index in [1.165, 1.54) is 11.3 Å². The number of carbonyl (C=O) groups is 2. The average molecular weight is 480 g/mol. The van der Waals surface area contributed by atoms with Crippen LogP contribution in [0.4, 0.5) is 10.5 Å². The number of carbonyl (C=O) groups excluding carboxylic acids is 2. The third-order valence-corrected chi connectivity index (χ3v) is 7.83. The second kappa shape index (κ2) is 9.58. The van der Waals surface area contributed by atoms with Crippen molar-refractivity contribution in [3.63, 3.8) is 0 Å². The first-order valence-corrected chi connectivity index (χ1v) is 12.8. The highest BCUT2D eigenvalue weighted by molar-refractivity contribution is 7.20. The zero-order valence-electron chi connectivity index (χ0n) is 19.4. The predicted octanol–water partition coefficient (Wildman–Crippen LogP) is 4.05. The van der Waals surface area contributed by atoms with Crippen LogP contribution in [0.25, 0.3) is 10.2 Å². The lowest BCUT2D eigenvalue weighted by molar-refractivity contribution is 0.0954. The lowest BCUT2D eigenvalue weighted by atomic mass is 10.2. The molecule has 178 valence electrons. The summed E-state index contributed by atoms with van der Waals surface area (Å²) in [6.07, 6.45) is 6.00. The number of aryl methyl sites for hydroxylation is 2. The topological polar surface area (TPSA) is 96.3 Å². The van der Waals surface area contributed by atoms with Gasteiger partial charge >= 0.3 is 6.03 Å². The highest BCUT2D eigenvalue weighted by atomic mass is 32.1. The lowest BCUT2D eigenvalue weighted by Crippen LogP contribution is -2.32. The van der Waals surface area contributed by atoms with Crippen molar-refractivity contribution in [1.29, 1.82) is 0 Å². The molecule has 0 bridgehead atoms. The normalized spacial score (nSPS) is 15.7. The van der Waals surface area contributed by atoms with Gasteiger partial charge in [0.05, 0.1) is 10.3 Å². The van der Waals surface area contributed by atoms with E-state index in [4.69, 9.17) is 4.98 Å². The molecule has 9 heteroatoms. The summed E-state index contributed by atoms with van der Waals surface area (Å²) in [4.78, 5) is 46.3. The van der Waals surface area contributed by atoms with Gasteiger partial charge in [-0.25, -0.2) is 9.78 Å². The Morgan fingerprint density at radius 2 is 1.88 bits per heavy atom. The van der Waals surface area contributed by atoms with Crippen LogP contribution in [0.2, 0.25) is 0 Å². The first-order chi connectivity index (χ1) is 16.5. The van der Waals surface area contributed by atoms with Gasteiger partial charge in [0.25, 0.3) is 11.5 Å². The minimum atomic E-state index is -0.216. The van der Waals surface area contributed by atoms with E-state index >= 15 is 0 Å². The molecule has 0 atom stereocenters. The maximum Gasteiger partial charge on any atom is 0.321 e. The van der Waals surface area contributed by atoms with Crippen LogP contribution in [0.3, 0.4) is 0 Å². The molecule has 3 amide bonds. The van der Waals surface area contributed by atoms with Gasteiger partial charge in [0.2, 0.25) is 0 Å². The van der Waals surface area contributed by atoms with Gasteiger partial charge in [0.15, 0.2) is 0 Å². The summed E-state index contributed by atoms with van der Waals surface area (Å²) in [7, 11) is 0. The van der Waals surface area contributed by atoms with Crippen LogP contribution in [0, 0.1) is 6.92 Å². The molecular formula is C25H29N5O3S. The summed E-state index contributed by atoms with van der Waals surface area (Å²) in [6.45, 7) is 4.42. The molecule has 1 saturated heterocycles. The molecule has 0 spiro atoms. The van der Waals surface area contributed by atoms with Gasteiger partial charge in [-0.3, -0.25) is 14.2 Å². The van der Waals surface area contributed by atoms with Crippen LogP contribution in [0.1, 0.15) is 58.7 Å². The van der Waals surface area contributed by atoms with Crippen LogP contribution < -0.4 is 16.2 Å². The number of urea groups is 1. The Kier molecular flexibility index (Phi) is 6.36. The van der Waals surface area contributed by atoms with Crippen molar-refractivity contribution in [2.75, 3.05) is 18.4 Å². The first-order valence-electron chi connectivity index (χ1n) is 12.0. The Bertz CT molecular complexity index is 1310. The SMILES string of the molecule is Cc1c(C(=O)NCc2cccc(NC(=O)N3CCCC3)c2)sc2nc3n(c(=O)c12)CCCCC3. The van der Waals surface area contributed by atoms with Crippen molar-refractivity contribution < 1.29 is 9.59 Å². The van der Waals surface area contributed by atoms with Crippen molar-refractivity contribution in [3.8, 4) is 0 Å². The zero-order valence-corrected chi connectivity index (χ0v) is 20.2. The first kappa shape index (κ1) is 22.6. The van der Waals surface area contributed by atoms with E-state index in [1.807, 2.05) is 36.1 Å². The Balaban J connectivity index is 1.31. The van der Waals surface area contributed by atoms with Crippen molar-refractivity contribution >= 4 is 39.2 Å². The number of benzene rings is 1. The molecule has 34 heavy (non-hydrogen) atoms. The molecule has 3 aromatic rings. The van der Waals surface area contributed by atoms with E-state index in [1.54, 1.807) is 4.57 Å². The summed E-state index contributed by atoms with van der Waals surface area (Å²) in [5.74, 6) is 0.614. The Morgan fingerprint density at radius 1 is 1.09 bits per heavy atom. The van der Waals surface area contributed by atoms with Crippen LogP contribution >= 0.6 is 11.3 Å². The van der Waals surface area contributed by atoms with Gasteiger partial charge in [-0.2, -0.15) is 0 Å². The molecule has 2 aliphatic heterocycles. The molecule has 0 radical (unpaired) electrons. The van der Waals surface area contributed by atoms with Crippen molar-refractivity contribution in [3.05, 3.63) is 56.4 Å². The van der Waals surface area contributed by atoms with E-state index in [0.29, 0.717) is 39.4 Å². The summed E-state index contributed by atoms with van der Waals surface area (Å²) in [5.41, 5.74) is 2.26. The molecule has 1 fully saturated rings. The average Bonchev–Trinajstić information content (AvgIpc) is 3.41. The van der Waals surface area contributed by atoms with Gasteiger partial charge in [-0.1, -0.05) is 18.6 Å². The molecule has 1 aromatic carbocycles. The van der Waals surface area contributed by atoms with Gasteiger partial charge in [0.1, 0.15) is 10.7 Å². The van der Waals surface area contributed by atoms with Gasteiger partial charge in [0, 0.05) is 38.3 Å². The summed E-state index contributed by atoms with van der Waals surface area (Å²) in [5, 5.41) is 6.46. The molecule has 2 N–H and O–H groups in total. The number of hydrogen-bond donors (Lipinski definition) is 2. The molecule has 4 heterocycles. The Morgan fingerprint density at radius 3 is 2.71 bits per heavy atom. The number of amides is 3. The minimum absolute atomic E-state index is 0.0313. The Hall–Kier alpha value is -3.20. The standard InChI is InChI=1S/C25H29N5O3S/c1-16-20-23(28-19-10-3-2-4-13-30(19)24(20)32)34-21(16)22(31)26-15-17-8-7-9-18(14-17)27-25(33)29-11-5-6-12-29/h7-9,14H,2-6,10-13,15H2,1H3,(H,26,31)(H,27,33). The minimum Gasteiger partial charge on any atom is -0.347 e. The zero-order chi connectivity index (χ0) is 23.7. The van der Waals surface area contributed by atoms with Crippen LogP contribution in [-0.2, 0) is 19.5 Å². The number of rotatable bonds is 4. The van der Waals surface area contributed by atoms with E-state index in [0.717, 1.165) is 63.0 Å². The highest BCUT2D eigenvalue weighted by Gasteiger charge is 2.22. The molecular weight excluding hydrogens is 450 g/mol. The molecule has 0 saturated carbocycles. The smallest absolute Gasteiger partial charge is 0.321 e. The number of aromatic nitrogens is 2. The predicted molar refractivity (Wildman–Crippen MR) is 134 cm³/mol. The number of nitrogens with zero attached hydrogens (tertiary/aromatic N) is 3. The van der Waals surface area contributed by atoms with Crippen LogP contribution in [-0.4, -0.2) is 39.5 Å². The van der Waals surface area contributed by atoms with E-state index in [9.17, 15) is 14.4 Å². The largest absolute Gasteiger partial charge is 0.347 e. The molecule has 2 aliphatic rings. The quantitative estimate of drug-likeness (QED) is 0.590. The molecule has 0 aliphatic carbocycles. The van der Waals surface area contributed by atoms with Crippen molar-refractivity contribution in [2.45, 2.75) is 58.5 Å². The second-order valence-electron chi connectivity index (χ2n) is 9.04. The second-order valence-corrected chi connectivity index (χ2v) is 10.0. The van der Waals surface area contributed by atoms with Crippen molar-refractivity contribution in [1.82, 2.24) is 19.8 Å². The number of likely N-dealkylation sites (tertiary alicyclic amines) is 1. The van der Waals surface area contributed by atoms with Gasteiger partial charge < -0.3 is 15.5 Å². The van der Waals surface area contributed by atoms with Crippen molar-refractivity contribution in [2.24, 2.45) is 0 Å². The monoisotopic (exact) mass is 479 g/mol. The summed E-state index contributed by atoms with van der Waals surface area (Å²) in [6, 6.07) is 7.41. The highest BCUT2D eigenvalue weighted by Crippen LogP contribution is 2.28. The number of fused-ring (bicyclic) bond motifs is 2. The van der Waals surface area contributed by atoms with Crippen LogP contribution in [0.15, 0.2) is 29.1 Å². The number of hydrogen-bond acceptors (Lipinski definition) is 5. The van der Waals surface area contributed by atoms with Gasteiger partial charge in [-0.05, 0) is 55.9 Å². The van der Waals surface area contributed by atoms with E-state index < -0.39 is 0 Å². The number of thiophene rings is 1. The third-order valence-electron chi connectivity index (χ3n) is 6.64. The lowest BCUT2D eigenvalue weighted by Gasteiger charge is -2.16. The summed E-state index contributed by atoms with van der Waals surface area (Å²) < 4.78 is 1.79. The fourth-order valence-corrected chi connectivity index (χ4v) is 5.88. The molecule has 0 unspecified atom stereocenters. The fraction of sp³-hybridized carbons (Fsp3) is 0.440. The van der Waals surface area contributed by atoms with Crippen LogP contribution in [0.5, 0.6) is 0 Å². The van der Waals surface area contributed by atoms with Gasteiger partial charge in [-0.15, -0.1) is 11.3 Å². The molecule has 8 nitrogen and oxygen atoms in total. The number of nitrogens with one attached hydrogen (secondary N) is 2. The summed E-state index contributed by atoms with van der Waals surface area (Å²) >= 11 is 1.29. The molecule has 5 rings (SSSR count).